The Bertz CT molecular complexity index is 691. The van der Waals surface area contributed by atoms with Crippen molar-refractivity contribution in [2.45, 2.75) is 0 Å². The molecule has 0 aliphatic carbocycles. The third kappa shape index (κ3) is 1.63. The molecule has 0 amide bonds. The van der Waals surface area contributed by atoms with Crippen molar-refractivity contribution in [2.24, 2.45) is 0 Å². The molecule has 2 aromatic heterocycles. The molecule has 84 valence electrons. The van der Waals surface area contributed by atoms with Crippen LogP contribution in [0.15, 0.2) is 48.8 Å². The third-order valence-corrected chi connectivity index (χ3v) is 2.59. The summed E-state index contributed by atoms with van der Waals surface area (Å²) in [7, 11) is 0. The fourth-order valence-corrected chi connectivity index (χ4v) is 1.82. The second-order valence-corrected chi connectivity index (χ2v) is 3.77. The normalized spacial score (nSPS) is 10.9. The van der Waals surface area contributed by atoms with Gasteiger partial charge >= 0.3 is 0 Å². The maximum absolute atomic E-state index is 13.2. The summed E-state index contributed by atoms with van der Waals surface area (Å²) in [6, 6.07) is 9.56. The molecule has 0 aliphatic rings. The number of hydrogen-bond donors (Lipinski definition) is 1. The van der Waals surface area contributed by atoms with E-state index >= 15 is 0 Å². The van der Waals surface area contributed by atoms with Gasteiger partial charge in [-0.25, -0.2) is 9.37 Å². The Morgan fingerprint density at radius 1 is 1.18 bits per heavy atom. The molecule has 0 bridgehead atoms. The lowest BCUT2D eigenvalue weighted by Crippen LogP contribution is -1.89. The van der Waals surface area contributed by atoms with Crippen LogP contribution >= 0.6 is 0 Å². The van der Waals surface area contributed by atoms with Gasteiger partial charge in [-0.15, -0.1) is 0 Å². The van der Waals surface area contributed by atoms with Gasteiger partial charge in [0.2, 0.25) is 0 Å². The highest BCUT2D eigenvalue weighted by Crippen LogP contribution is 2.22. The van der Waals surface area contributed by atoms with E-state index in [9.17, 15) is 9.50 Å². The fourth-order valence-electron chi connectivity index (χ4n) is 1.82. The van der Waals surface area contributed by atoms with Crippen LogP contribution < -0.4 is 0 Å². The van der Waals surface area contributed by atoms with Gasteiger partial charge in [-0.3, -0.25) is 4.40 Å². The maximum atomic E-state index is 13.2. The molecule has 4 heteroatoms. The van der Waals surface area contributed by atoms with Crippen molar-refractivity contribution in [3.63, 3.8) is 0 Å². The maximum Gasteiger partial charge on any atom is 0.144 e. The molecule has 3 nitrogen and oxygen atoms in total. The molecule has 0 saturated heterocycles. The van der Waals surface area contributed by atoms with Crippen LogP contribution in [0.4, 0.5) is 4.39 Å². The van der Waals surface area contributed by atoms with E-state index in [0.717, 1.165) is 5.52 Å². The van der Waals surface area contributed by atoms with E-state index in [1.165, 1.54) is 12.1 Å². The van der Waals surface area contributed by atoms with Crippen LogP contribution in [-0.2, 0) is 0 Å². The molecular weight excluding hydrogens is 219 g/mol. The van der Waals surface area contributed by atoms with Crippen molar-refractivity contribution in [3.8, 4) is 17.1 Å². The number of imidazole rings is 1. The van der Waals surface area contributed by atoms with Gasteiger partial charge in [-0.1, -0.05) is 12.1 Å². The number of aromatic hydroxyl groups is 1. The molecule has 3 aromatic rings. The summed E-state index contributed by atoms with van der Waals surface area (Å²) in [5, 5.41) is 9.45. The summed E-state index contributed by atoms with van der Waals surface area (Å²) in [6.45, 7) is 0. The number of halogens is 1. The van der Waals surface area contributed by atoms with E-state index in [-0.39, 0.29) is 11.6 Å². The number of pyridine rings is 1. The predicted molar refractivity (Wildman–Crippen MR) is 62.3 cm³/mol. The zero-order valence-corrected chi connectivity index (χ0v) is 8.84. The number of nitrogens with zero attached hydrogens (tertiary/aromatic N) is 2. The Balaban J connectivity index is 2.27. The second kappa shape index (κ2) is 3.59. The minimum absolute atomic E-state index is 0.146. The van der Waals surface area contributed by atoms with E-state index < -0.39 is 0 Å². The summed E-state index contributed by atoms with van der Waals surface area (Å²) >= 11 is 0. The highest BCUT2D eigenvalue weighted by atomic mass is 19.1. The number of hydrogen-bond acceptors (Lipinski definition) is 2. The highest BCUT2D eigenvalue weighted by molar-refractivity contribution is 5.62. The van der Waals surface area contributed by atoms with Gasteiger partial charge in [0.1, 0.15) is 17.4 Å². The van der Waals surface area contributed by atoms with E-state index in [0.29, 0.717) is 11.4 Å². The van der Waals surface area contributed by atoms with Gasteiger partial charge in [-0.2, -0.15) is 0 Å². The topological polar surface area (TPSA) is 37.5 Å². The summed E-state index contributed by atoms with van der Waals surface area (Å²) in [5.74, 6) is 0.447. The van der Waals surface area contributed by atoms with E-state index in [4.69, 9.17) is 0 Å². The van der Waals surface area contributed by atoms with Crippen molar-refractivity contribution in [1.29, 1.82) is 0 Å². The third-order valence-electron chi connectivity index (χ3n) is 2.59. The predicted octanol–water partition coefficient (Wildman–Crippen LogP) is 2.85. The molecule has 0 atom stereocenters. The van der Waals surface area contributed by atoms with Crippen LogP contribution in [-0.4, -0.2) is 14.5 Å². The van der Waals surface area contributed by atoms with Crippen LogP contribution in [0.25, 0.3) is 16.9 Å². The quantitative estimate of drug-likeness (QED) is 0.695. The summed E-state index contributed by atoms with van der Waals surface area (Å²) < 4.78 is 14.9. The molecule has 0 saturated carbocycles. The molecule has 0 unspecified atom stereocenters. The zero-order valence-electron chi connectivity index (χ0n) is 8.84. The Hall–Kier alpha value is -2.36. The van der Waals surface area contributed by atoms with E-state index in [1.807, 2.05) is 0 Å². The number of fused-ring (bicyclic) bond motifs is 1. The molecule has 17 heavy (non-hydrogen) atoms. The first-order valence-electron chi connectivity index (χ1n) is 5.16. The molecule has 0 aliphatic heterocycles. The average Bonchev–Trinajstić information content (AvgIpc) is 2.71. The first-order chi connectivity index (χ1) is 8.24. The highest BCUT2D eigenvalue weighted by Gasteiger charge is 2.07. The first-order valence-corrected chi connectivity index (χ1v) is 5.16. The van der Waals surface area contributed by atoms with Gasteiger partial charge in [0, 0.05) is 5.56 Å². The Morgan fingerprint density at radius 3 is 2.88 bits per heavy atom. The van der Waals surface area contributed by atoms with Crippen molar-refractivity contribution in [1.82, 2.24) is 9.38 Å². The molecule has 0 fully saturated rings. The molecule has 3 rings (SSSR count). The number of rotatable bonds is 1. The molecule has 2 heterocycles. The SMILES string of the molecule is Oc1ccc2cnc(-c3cccc(F)c3)n2c1. The molecule has 0 radical (unpaired) electrons. The van der Waals surface area contributed by atoms with Crippen LogP contribution in [0, 0.1) is 5.82 Å². The Morgan fingerprint density at radius 2 is 2.06 bits per heavy atom. The van der Waals surface area contributed by atoms with Gasteiger partial charge in [-0.05, 0) is 24.3 Å². The largest absolute Gasteiger partial charge is 0.506 e. The van der Waals surface area contributed by atoms with E-state index in [1.54, 1.807) is 41.1 Å². The lowest BCUT2D eigenvalue weighted by Gasteiger charge is -2.02. The molecule has 1 N–H and O–H groups in total. The molecule has 1 aromatic carbocycles. The molecular formula is C13H9FN2O. The zero-order chi connectivity index (χ0) is 11.8. The minimum atomic E-state index is -0.306. The Kier molecular flexibility index (Phi) is 2.08. The summed E-state index contributed by atoms with van der Waals surface area (Å²) in [5.41, 5.74) is 1.53. The standard InChI is InChI=1S/C13H9FN2O/c14-10-3-1-2-9(6-10)13-15-7-11-4-5-12(17)8-16(11)13/h1-8,17H. The van der Waals surface area contributed by atoms with Gasteiger partial charge in [0.25, 0.3) is 0 Å². The van der Waals surface area contributed by atoms with Gasteiger partial charge in [0.15, 0.2) is 0 Å². The lowest BCUT2D eigenvalue weighted by atomic mass is 10.2. The van der Waals surface area contributed by atoms with Crippen LogP contribution in [0.2, 0.25) is 0 Å². The summed E-state index contributed by atoms with van der Waals surface area (Å²) in [6.07, 6.45) is 3.24. The fraction of sp³-hybridized carbons (Fsp3) is 0. The smallest absolute Gasteiger partial charge is 0.144 e. The van der Waals surface area contributed by atoms with Crippen molar-refractivity contribution >= 4 is 5.52 Å². The Labute approximate surface area is 96.8 Å². The second-order valence-electron chi connectivity index (χ2n) is 3.77. The van der Waals surface area contributed by atoms with E-state index in [2.05, 4.69) is 4.98 Å². The van der Waals surface area contributed by atoms with Gasteiger partial charge < -0.3 is 5.11 Å². The van der Waals surface area contributed by atoms with Crippen molar-refractivity contribution in [2.75, 3.05) is 0 Å². The minimum Gasteiger partial charge on any atom is -0.506 e. The average molecular weight is 228 g/mol. The van der Waals surface area contributed by atoms with Crippen LogP contribution in [0.5, 0.6) is 5.75 Å². The van der Waals surface area contributed by atoms with Crippen LogP contribution in [0.3, 0.4) is 0 Å². The number of benzene rings is 1. The van der Waals surface area contributed by atoms with Crippen molar-refractivity contribution < 1.29 is 9.50 Å². The molecule has 0 spiro atoms. The summed E-state index contributed by atoms with van der Waals surface area (Å²) in [4.78, 5) is 4.23. The van der Waals surface area contributed by atoms with Crippen LogP contribution in [0.1, 0.15) is 0 Å². The number of aromatic nitrogens is 2. The van der Waals surface area contributed by atoms with Gasteiger partial charge in [0.05, 0.1) is 17.9 Å². The lowest BCUT2D eigenvalue weighted by molar-refractivity contribution is 0.472. The first kappa shape index (κ1) is 9.84. The monoisotopic (exact) mass is 228 g/mol. The van der Waals surface area contributed by atoms with Crippen molar-refractivity contribution in [3.05, 3.63) is 54.6 Å².